The maximum atomic E-state index is 13.3. The van der Waals surface area contributed by atoms with Crippen LogP contribution in [0.4, 0.5) is 4.39 Å². The SMILES string of the molecule is O=C(Nn1cnc2ccccc21)c1nc(-c2cccs2)n(-c2ccc(F)cc2)n1. The van der Waals surface area contributed by atoms with E-state index >= 15 is 0 Å². The molecule has 0 aliphatic heterocycles. The summed E-state index contributed by atoms with van der Waals surface area (Å²) >= 11 is 1.48. The van der Waals surface area contributed by atoms with Gasteiger partial charge in [0.15, 0.2) is 5.82 Å². The number of benzene rings is 2. The molecule has 5 aromatic rings. The largest absolute Gasteiger partial charge is 0.309 e. The quantitative estimate of drug-likeness (QED) is 0.493. The van der Waals surface area contributed by atoms with Gasteiger partial charge in [0.2, 0.25) is 5.82 Å². The second-order valence-corrected chi connectivity index (χ2v) is 7.12. The van der Waals surface area contributed by atoms with E-state index in [1.807, 2.05) is 41.8 Å². The molecule has 0 aliphatic carbocycles. The van der Waals surface area contributed by atoms with Crippen molar-refractivity contribution in [1.82, 2.24) is 24.4 Å². The van der Waals surface area contributed by atoms with E-state index < -0.39 is 5.91 Å². The van der Waals surface area contributed by atoms with E-state index in [1.54, 1.807) is 12.1 Å². The van der Waals surface area contributed by atoms with Crippen LogP contribution in [0.1, 0.15) is 10.6 Å². The lowest BCUT2D eigenvalue weighted by Crippen LogP contribution is -2.23. The Bertz CT molecular complexity index is 1310. The molecule has 1 amide bonds. The fraction of sp³-hybridized carbons (Fsp3) is 0. The van der Waals surface area contributed by atoms with Crippen molar-refractivity contribution in [2.45, 2.75) is 0 Å². The molecule has 0 fully saturated rings. The second kappa shape index (κ2) is 6.95. The van der Waals surface area contributed by atoms with Crippen LogP contribution in [-0.4, -0.2) is 30.3 Å². The number of hydrogen-bond donors (Lipinski definition) is 1. The number of amides is 1. The first-order valence-corrected chi connectivity index (χ1v) is 9.57. The predicted molar refractivity (Wildman–Crippen MR) is 108 cm³/mol. The summed E-state index contributed by atoms with van der Waals surface area (Å²) in [4.78, 5) is 22.4. The molecule has 29 heavy (non-hydrogen) atoms. The lowest BCUT2D eigenvalue weighted by molar-refractivity contribution is 0.0998. The summed E-state index contributed by atoms with van der Waals surface area (Å²) in [6, 6.07) is 17.1. The molecular weight excluding hydrogens is 391 g/mol. The Morgan fingerprint density at radius 2 is 1.86 bits per heavy atom. The number of nitrogens with one attached hydrogen (secondary N) is 1. The van der Waals surface area contributed by atoms with Gasteiger partial charge in [-0.1, -0.05) is 18.2 Å². The van der Waals surface area contributed by atoms with Gasteiger partial charge in [0.05, 0.1) is 21.6 Å². The summed E-state index contributed by atoms with van der Waals surface area (Å²) in [6.07, 6.45) is 1.53. The van der Waals surface area contributed by atoms with Gasteiger partial charge in [-0.15, -0.1) is 16.4 Å². The minimum absolute atomic E-state index is 0.00416. The van der Waals surface area contributed by atoms with Gasteiger partial charge in [-0.05, 0) is 47.8 Å². The van der Waals surface area contributed by atoms with Gasteiger partial charge in [0.25, 0.3) is 0 Å². The summed E-state index contributed by atoms with van der Waals surface area (Å²) in [7, 11) is 0. The molecule has 0 saturated heterocycles. The number of hydrogen-bond acceptors (Lipinski definition) is 5. The third-order valence-corrected chi connectivity index (χ3v) is 5.16. The molecule has 0 bridgehead atoms. The molecule has 0 unspecified atom stereocenters. The zero-order valence-electron chi connectivity index (χ0n) is 14.9. The van der Waals surface area contributed by atoms with Gasteiger partial charge >= 0.3 is 5.91 Å². The fourth-order valence-corrected chi connectivity index (χ4v) is 3.64. The van der Waals surface area contributed by atoms with Gasteiger partial charge in [-0.2, -0.15) is 0 Å². The van der Waals surface area contributed by atoms with E-state index in [-0.39, 0.29) is 11.6 Å². The van der Waals surface area contributed by atoms with E-state index in [4.69, 9.17) is 0 Å². The number of fused-ring (bicyclic) bond motifs is 1. The molecule has 2 aromatic carbocycles. The Hall–Kier alpha value is -3.85. The third kappa shape index (κ3) is 3.17. The van der Waals surface area contributed by atoms with Crippen LogP contribution in [0.25, 0.3) is 27.4 Å². The summed E-state index contributed by atoms with van der Waals surface area (Å²) in [6.45, 7) is 0. The summed E-state index contributed by atoms with van der Waals surface area (Å²) in [5.41, 5.74) is 4.88. The van der Waals surface area contributed by atoms with Crippen LogP contribution in [0.2, 0.25) is 0 Å². The number of carbonyl (C=O) groups excluding carboxylic acids is 1. The van der Waals surface area contributed by atoms with Crippen LogP contribution in [0.3, 0.4) is 0 Å². The lowest BCUT2D eigenvalue weighted by atomic mass is 10.3. The number of thiophene rings is 1. The first-order valence-electron chi connectivity index (χ1n) is 8.69. The van der Waals surface area contributed by atoms with Gasteiger partial charge in [0, 0.05) is 0 Å². The maximum Gasteiger partial charge on any atom is 0.309 e. The van der Waals surface area contributed by atoms with Crippen molar-refractivity contribution in [3.05, 3.63) is 84.0 Å². The molecule has 0 saturated carbocycles. The Labute approximate surface area is 168 Å². The number of para-hydroxylation sites is 2. The molecule has 1 N–H and O–H groups in total. The zero-order valence-corrected chi connectivity index (χ0v) is 15.7. The van der Waals surface area contributed by atoms with E-state index in [9.17, 15) is 9.18 Å². The van der Waals surface area contributed by atoms with E-state index in [0.717, 1.165) is 15.9 Å². The van der Waals surface area contributed by atoms with E-state index in [0.29, 0.717) is 11.5 Å². The Kier molecular flexibility index (Phi) is 4.14. The van der Waals surface area contributed by atoms with Crippen LogP contribution in [0.5, 0.6) is 0 Å². The molecule has 5 rings (SSSR count). The van der Waals surface area contributed by atoms with Crippen LogP contribution < -0.4 is 5.43 Å². The molecular formula is C20H13FN6OS. The number of carbonyl (C=O) groups is 1. The van der Waals surface area contributed by atoms with Crippen molar-refractivity contribution in [2.24, 2.45) is 0 Å². The fourth-order valence-electron chi connectivity index (χ4n) is 2.94. The third-order valence-electron chi connectivity index (χ3n) is 4.30. The van der Waals surface area contributed by atoms with Gasteiger partial charge < -0.3 is 0 Å². The van der Waals surface area contributed by atoms with Crippen LogP contribution in [0, 0.1) is 5.82 Å². The van der Waals surface area contributed by atoms with E-state index in [1.165, 1.54) is 39.2 Å². The number of halogens is 1. The predicted octanol–water partition coefficient (Wildman–Crippen LogP) is 3.87. The molecule has 7 nitrogen and oxygen atoms in total. The molecule has 3 heterocycles. The summed E-state index contributed by atoms with van der Waals surface area (Å²) in [5, 5.41) is 6.28. The van der Waals surface area contributed by atoms with E-state index in [2.05, 4.69) is 20.5 Å². The normalized spacial score (nSPS) is 11.1. The van der Waals surface area contributed by atoms with Crippen molar-refractivity contribution < 1.29 is 9.18 Å². The van der Waals surface area contributed by atoms with Crippen molar-refractivity contribution >= 4 is 28.3 Å². The van der Waals surface area contributed by atoms with Gasteiger partial charge in [-0.25, -0.2) is 23.7 Å². The molecule has 0 atom stereocenters. The molecule has 0 aliphatic rings. The highest BCUT2D eigenvalue weighted by Gasteiger charge is 2.20. The first kappa shape index (κ1) is 17.3. The number of aromatic nitrogens is 5. The second-order valence-electron chi connectivity index (χ2n) is 6.17. The number of nitrogens with zero attached hydrogens (tertiary/aromatic N) is 5. The summed E-state index contributed by atoms with van der Waals surface area (Å²) < 4.78 is 16.4. The average molecular weight is 404 g/mol. The highest BCUT2D eigenvalue weighted by Crippen LogP contribution is 2.25. The number of imidazole rings is 1. The van der Waals surface area contributed by atoms with Crippen molar-refractivity contribution in [3.63, 3.8) is 0 Å². The summed E-state index contributed by atoms with van der Waals surface area (Å²) in [5.74, 6) is -0.328. The van der Waals surface area contributed by atoms with Crippen LogP contribution in [-0.2, 0) is 0 Å². The first-order chi connectivity index (χ1) is 14.2. The highest BCUT2D eigenvalue weighted by atomic mass is 32.1. The standard InChI is InChI=1S/C20H13FN6OS/c21-13-7-9-14(10-8-13)27-19(17-6-3-11-29-17)23-18(24-27)20(28)25-26-12-22-15-4-1-2-5-16(15)26/h1-12H,(H,25,28). The van der Waals surface area contributed by atoms with Crippen LogP contribution >= 0.6 is 11.3 Å². The van der Waals surface area contributed by atoms with Gasteiger partial charge in [0.1, 0.15) is 12.1 Å². The molecule has 0 radical (unpaired) electrons. The zero-order chi connectivity index (χ0) is 19.8. The molecule has 0 spiro atoms. The van der Waals surface area contributed by atoms with Crippen LogP contribution in [0.15, 0.2) is 72.4 Å². The minimum atomic E-state index is -0.480. The Balaban J connectivity index is 1.54. The smallest absolute Gasteiger partial charge is 0.264 e. The highest BCUT2D eigenvalue weighted by molar-refractivity contribution is 7.13. The van der Waals surface area contributed by atoms with Gasteiger partial charge in [-0.3, -0.25) is 10.2 Å². The molecule has 9 heteroatoms. The molecule has 3 aromatic heterocycles. The topological polar surface area (TPSA) is 77.6 Å². The maximum absolute atomic E-state index is 13.3. The van der Waals surface area contributed by atoms with Crippen molar-refractivity contribution in [1.29, 1.82) is 0 Å². The minimum Gasteiger partial charge on any atom is -0.264 e. The number of rotatable bonds is 4. The average Bonchev–Trinajstić information content (AvgIpc) is 3.48. The van der Waals surface area contributed by atoms with Crippen molar-refractivity contribution in [3.8, 4) is 16.4 Å². The Morgan fingerprint density at radius 3 is 2.66 bits per heavy atom. The molecule has 142 valence electrons. The monoisotopic (exact) mass is 404 g/mol. The Morgan fingerprint density at radius 1 is 1.03 bits per heavy atom. The lowest BCUT2D eigenvalue weighted by Gasteiger charge is -2.04. The van der Waals surface area contributed by atoms with Crippen molar-refractivity contribution in [2.75, 3.05) is 5.43 Å².